The van der Waals surface area contributed by atoms with Crippen molar-refractivity contribution in [2.75, 3.05) is 18.5 Å². The first-order valence-corrected chi connectivity index (χ1v) is 7.15. The van der Waals surface area contributed by atoms with Gasteiger partial charge in [0.15, 0.2) is 11.6 Å². The van der Waals surface area contributed by atoms with Crippen LogP contribution < -0.4 is 15.4 Å². The second-order valence-electron chi connectivity index (χ2n) is 5.10. The summed E-state index contributed by atoms with van der Waals surface area (Å²) in [6.07, 6.45) is 0. The molecule has 2 aromatic rings. The van der Waals surface area contributed by atoms with Crippen molar-refractivity contribution < 1.29 is 18.3 Å². The predicted molar refractivity (Wildman–Crippen MR) is 84.8 cm³/mol. The molecule has 122 valence electrons. The molecule has 0 aromatic heterocycles. The van der Waals surface area contributed by atoms with Gasteiger partial charge in [-0.2, -0.15) is 0 Å². The fourth-order valence-corrected chi connectivity index (χ4v) is 1.91. The summed E-state index contributed by atoms with van der Waals surface area (Å²) in [5.41, 5.74) is 2.92. The molecule has 0 unspecified atom stereocenters. The predicted octanol–water partition coefficient (Wildman–Crippen LogP) is 3.78. The zero-order chi connectivity index (χ0) is 16.8. The molecule has 0 aliphatic rings. The fourth-order valence-electron chi connectivity index (χ4n) is 1.91. The Hall–Kier alpha value is -2.63. The highest BCUT2D eigenvalue weighted by atomic mass is 19.1. The minimum Gasteiger partial charge on any atom is -0.489 e. The molecule has 0 atom stereocenters. The summed E-state index contributed by atoms with van der Waals surface area (Å²) in [6.45, 7) is 4.21. The smallest absolute Gasteiger partial charge is 0.319 e. The lowest BCUT2D eigenvalue weighted by Gasteiger charge is -2.10. The molecule has 0 saturated heterocycles. The van der Waals surface area contributed by atoms with Gasteiger partial charge in [0.25, 0.3) is 0 Å². The molecule has 2 aromatic carbocycles. The first-order valence-electron chi connectivity index (χ1n) is 7.15. The SMILES string of the molecule is Cc1ccc(NC(=O)NCCOc2ccc(F)cc2F)cc1C. The second kappa shape index (κ2) is 7.58. The molecule has 0 spiro atoms. The maximum atomic E-state index is 13.3. The number of carbonyl (C=O) groups is 1. The quantitative estimate of drug-likeness (QED) is 0.824. The van der Waals surface area contributed by atoms with Crippen molar-refractivity contribution in [2.24, 2.45) is 0 Å². The van der Waals surface area contributed by atoms with Crippen molar-refractivity contribution in [3.05, 3.63) is 59.2 Å². The highest BCUT2D eigenvalue weighted by molar-refractivity contribution is 5.89. The molecule has 2 rings (SSSR count). The van der Waals surface area contributed by atoms with E-state index in [0.29, 0.717) is 5.69 Å². The molecular weight excluding hydrogens is 302 g/mol. The van der Waals surface area contributed by atoms with Crippen molar-refractivity contribution in [3.8, 4) is 5.75 Å². The van der Waals surface area contributed by atoms with Crippen LogP contribution in [0.4, 0.5) is 19.3 Å². The van der Waals surface area contributed by atoms with Crippen LogP contribution >= 0.6 is 0 Å². The standard InChI is InChI=1S/C17H18F2N2O2/c1-11-3-5-14(9-12(11)2)21-17(22)20-7-8-23-16-6-4-13(18)10-15(16)19/h3-6,9-10H,7-8H2,1-2H3,(H2,20,21,22). The van der Waals surface area contributed by atoms with Crippen LogP contribution in [-0.4, -0.2) is 19.2 Å². The van der Waals surface area contributed by atoms with Gasteiger partial charge < -0.3 is 15.4 Å². The summed E-state index contributed by atoms with van der Waals surface area (Å²) in [5, 5.41) is 5.29. The highest BCUT2D eigenvalue weighted by Gasteiger charge is 2.06. The van der Waals surface area contributed by atoms with Crippen molar-refractivity contribution in [2.45, 2.75) is 13.8 Å². The number of urea groups is 1. The highest BCUT2D eigenvalue weighted by Crippen LogP contribution is 2.17. The van der Waals surface area contributed by atoms with Gasteiger partial charge in [0.2, 0.25) is 0 Å². The van der Waals surface area contributed by atoms with E-state index in [1.165, 1.54) is 6.07 Å². The van der Waals surface area contributed by atoms with Gasteiger partial charge in [-0.25, -0.2) is 13.6 Å². The Morgan fingerprint density at radius 2 is 1.87 bits per heavy atom. The van der Waals surface area contributed by atoms with Gasteiger partial charge in [-0.3, -0.25) is 0 Å². The lowest BCUT2D eigenvalue weighted by atomic mass is 10.1. The Kier molecular flexibility index (Phi) is 5.51. The number of rotatable bonds is 5. The van der Waals surface area contributed by atoms with E-state index in [1.807, 2.05) is 32.0 Å². The van der Waals surface area contributed by atoms with E-state index in [2.05, 4.69) is 10.6 Å². The monoisotopic (exact) mass is 320 g/mol. The number of nitrogens with one attached hydrogen (secondary N) is 2. The van der Waals surface area contributed by atoms with E-state index in [4.69, 9.17) is 4.74 Å². The zero-order valence-corrected chi connectivity index (χ0v) is 13.0. The number of ether oxygens (including phenoxy) is 1. The second-order valence-corrected chi connectivity index (χ2v) is 5.10. The van der Waals surface area contributed by atoms with Gasteiger partial charge in [-0.15, -0.1) is 0 Å². The number of anilines is 1. The molecule has 0 bridgehead atoms. The van der Waals surface area contributed by atoms with Gasteiger partial charge in [-0.05, 0) is 49.2 Å². The van der Waals surface area contributed by atoms with E-state index in [0.717, 1.165) is 23.3 Å². The first-order chi connectivity index (χ1) is 11.0. The third-order valence-corrected chi connectivity index (χ3v) is 3.30. The first kappa shape index (κ1) is 16.7. The van der Waals surface area contributed by atoms with Crippen molar-refractivity contribution >= 4 is 11.7 Å². The molecule has 6 heteroatoms. The summed E-state index contributed by atoms with van der Waals surface area (Å²) in [5.74, 6) is -1.49. The summed E-state index contributed by atoms with van der Waals surface area (Å²) >= 11 is 0. The molecule has 0 heterocycles. The number of carbonyl (C=O) groups excluding carboxylic acids is 1. The van der Waals surface area contributed by atoms with Crippen LogP contribution in [0.3, 0.4) is 0 Å². The van der Waals surface area contributed by atoms with Crippen molar-refractivity contribution in [1.29, 1.82) is 0 Å². The van der Waals surface area contributed by atoms with E-state index < -0.39 is 11.6 Å². The number of hydrogen-bond acceptors (Lipinski definition) is 2. The largest absolute Gasteiger partial charge is 0.489 e. The van der Waals surface area contributed by atoms with E-state index in [-0.39, 0.29) is 24.9 Å². The van der Waals surface area contributed by atoms with Crippen LogP contribution in [0.1, 0.15) is 11.1 Å². The molecule has 0 aliphatic carbocycles. The van der Waals surface area contributed by atoms with Gasteiger partial charge in [-0.1, -0.05) is 6.07 Å². The number of hydrogen-bond donors (Lipinski definition) is 2. The normalized spacial score (nSPS) is 10.3. The van der Waals surface area contributed by atoms with E-state index in [1.54, 1.807) is 0 Å². The van der Waals surface area contributed by atoms with Crippen LogP contribution in [0.2, 0.25) is 0 Å². The average molecular weight is 320 g/mol. The molecular formula is C17H18F2N2O2. The Bertz CT molecular complexity index is 705. The van der Waals surface area contributed by atoms with Crippen LogP contribution in [0.15, 0.2) is 36.4 Å². The van der Waals surface area contributed by atoms with Crippen molar-refractivity contribution in [3.63, 3.8) is 0 Å². The third kappa shape index (κ3) is 4.95. The van der Waals surface area contributed by atoms with E-state index in [9.17, 15) is 13.6 Å². The van der Waals surface area contributed by atoms with Gasteiger partial charge in [0, 0.05) is 11.8 Å². The molecule has 0 fully saturated rings. The van der Waals surface area contributed by atoms with Crippen LogP contribution in [0, 0.1) is 25.5 Å². The Morgan fingerprint density at radius 3 is 2.57 bits per heavy atom. The van der Waals surface area contributed by atoms with Crippen molar-refractivity contribution in [1.82, 2.24) is 5.32 Å². The fraction of sp³-hybridized carbons (Fsp3) is 0.235. The molecule has 23 heavy (non-hydrogen) atoms. The minimum atomic E-state index is -0.774. The molecule has 4 nitrogen and oxygen atoms in total. The topological polar surface area (TPSA) is 50.4 Å². The molecule has 0 aliphatic heterocycles. The van der Waals surface area contributed by atoms with Crippen LogP contribution in [0.25, 0.3) is 0 Å². The Morgan fingerprint density at radius 1 is 1.09 bits per heavy atom. The summed E-state index contributed by atoms with van der Waals surface area (Å²) < 4.78 is 31.2. The zero-order valence-electron chi connectivity index (χ0n) is 13.0. The maximum absolute atomic E-state index is 13.3. The summed E-state index contributed by atoms with van der Waals surface area (Å²) in [7, 11) is 0. The van der Waals surface area contributed by atoms with Crippen LogP contribution in [-0.2, 0) is 0 Å². The lowest BCUT2D eigenvalue weighted by molar-refractivity contribution is 0.246. The van der Waals surface area contributed by atoms with Gasteiger partial charge in [0.1, 0.15) is 12.4 Å². The summed E-state index contributed by atoms with van der Waals surface area (Å²) in [6, 6.07) is 8.29. The Balaban J connectivity index is 1.75. The number of amides is 2. The minimum absolute atomic E-state index is 0.0530. The molecule has 2 amide bonds. The third-order valence-electron chi connectivity index (χ3n) is 3.30. The maximum Gasteiger partial charge on any atom is 0.319 e. The molecule has 0 radical (unpaired) electrons. The number of halogens is 2. The lowest BCUT2D eigenvalue weighted by Crippen LogP contribution is -2.32. The Labute approximate surface area is 133 Å². The van der Waals surface area contributed by atoms with Crippen LogP contribution in [0.5, 0.6) is 5.75 Å². The number of benzene rings is 2. The van der Waals surface area contributed by atoms with Gasteiger partial charge in [0.05, 0.1) is 6.54 Å². The molecule has 2 N–H and O–H groups in total. The van der Waals surface area contributed by atoms with Gasteiger partial charge >= 0.3 is 6.03 Å². The average Bonchev–Trinajstić information content (AvgIpc) is 2.49. The summed E-state index contributed by atoms with van der Waals surface area (Å²) in [4.78, 5) is 11.7. The van der Waals surface area contributed by atoms with E-state index >= 15 is 0 Å². The number of aryl methyl sites for hydroxylation is 2. The molecule has 0 saturated carbocycles.